The lowest BCUT2D eigenvalue weighted by Gasteiger charge is -2.19. The monoisotopic (exact) mass is 432 g/mol. The number of hydrogen-bond donors (Lipinski definition) is 0. The number of aromatic nitrogens is 4. The van der Waals surface area contributed by atoms with Gasteiger partial charge in [-0.05, 0) is 54.5 Å². The van der Waals surface area contributed by atoms with Crippen LogP contribution in [0.1, 0.15) is 31.7 Å². The Morgan fingerprint density at radius 2 is 1.87 bits per heavy atom. The minimum Gasteiger partial charge on any atom is -0.275 e. The summed E-state index contributed by atoms with van der Waals surface area (Å²) in [6.45, 7) is 2.27. The molecule has 31 heavy (non-hydrogen) atoms. The molecule has 0 saturated carbocycles. The summed E-state index contributed by atoms with van der Waals surface area (Å²) < 4.78 is 29.8. The van der Waals surface area contributed by atoms with Gasteiger partial charge in [0.1, 0.15) is 0 Å². The van der Waals surface area contributed by atoms with Crippen LogP contribution in [0.15, 0.2) is 72.2 Å². The quantitative estimate of drug-likeness (QED) is 0.461. The summed E-state index contributed by atoms with van der Waals surface area (Å²) >= 11 is 0. The first-order valence-electron chi connectivity index (χ1n) is 10.4. The molecular weight excluding hydrogens is 408 g/mol. The van der Waals surface area contributed by atoms with Crippen LogP contribution in [0.2, 0.25) is 0 Å². The van der Waals surface area contributed by atoms with Crippen molar-refractivity contribution in [3.63, 3.8) is 0 Å². The maximum absolute atomic E-state index is 13.4. The average molecular weight is 433 g/mol. The van der Waals surface area contributed by atoms with Gasteiger partial charge in [0.05, 0.1) is 11.1 Å². The molecule has 3 aromatic heterocycles. The second kappa shape index (κ2) is 7.50. The van der Waals surface area contributed by atoms with Crippen molar-refractivity contribution in [1.82, 2.24) is 18.7 Å². The smallest absolute Gasteiger partial charge is 0.269 e. The zero-order valence-electron chi connectivity index (χ0n) is 17.6. The summed E-state index contributed by atoms with van der Waals surface area (Å²) in [5.41, 5.74) is 4.43. The van der Waals surface area contributed by atoms with E-state index in [1.807, 2.05) is 13.2 Å². The number of hydrogen-bond acceptors (Lipinski definition) is 4. The summed E-state index contributed by atoms with van der Waals surface area (Å²) in [5.74, 6) is 0.636. The van der Waals surface area contributed by atoms with Gasteiger partial charge in [0.15, 0.2) is 5.65 Å². The average Bonchev–Trinajstić information content (AvgIpc) is 3.37. The molecule has 0 spiro atoms. The van der Waals surface area contributed by atoms with Crippen molar-refractivity contribution in [3.05, 3.63) is 72.8 Å². The normalized spacial score (nSPS) is 17.1. The van der Waals surface area contributed by atoms with E-state index in [-0.39, 0.29) is 4.90 Å². The summed E-state index contributed by atoms with van der Waals surface area (Å²) in [6, 6.07) is 10.5. The highest BCUT2D eigenvalue weighted by molar-refractivity contribution is 7.90. The topological polar surface area (TPSA) is 69.8 Å². The highest BCUT2D eigenvalue weighted by Gasteiger charge is 2.24. The van der Waals surface area contributed by atoms with Crippen LogP contribution in [0.5, 0.6) is 0 Å². The van der Waals surface area contributed by atoms with E-state index in [2.05, 4.69) is 29.1 Å². The lowest BCUT2D eigenvalue weighted by molar-refractivity contribution is 0.536. The molecule has 1 unspecified atom stereocenters. The van der Waals surface area contributed by atoms with E-state index in [0.29, 0.717) is 11.6 Å². The van der Waals surface area contributed by atoms with Gasteiger partial charge in [-0.15, -0.1) is 0 Å². The molecule has 0 bridgehead atoms. The van der Waals surface area contributed by atoms with Crippen molar-refractivity contribution >= 4 is 26.6 Å². The maximum atomic E-state index is 13.4. The van der Waals surface area contributed by atoms with E-state index < -0.39 is 10.0 Å². The molecule has 1 aliphatic rings. The Balaban J connectivity index is 1.74. The van der Waals surface area contributed by atoms with Gasteiger partial charge in [-0.1, -0.05) is 31.2 Å². The van der Waals surface area contributed by atoms with Crippen LogP contribution in [0.25, 0.3) is 27.7 Å². The lowest BCUT2D eigenvalue weighted by atomic mass is 9.87. The Bertz CT molecular complexity index is 1400. The molecule has 1 aromatic carbocycles. The predicted octanol–water partition coefficient (Wildman–Crippen LogP) is 4.88. The number of rotatable bonds is 4. The van der Waals surface area contributed by atoms with E-state index in [4.69, 9.17) is 0 Å². The van der Waals surface area contributed by atoms with Crippen molar-refractivity contribution in [3.8, 4) is 11.1 Å². The van der Waals surface area contributed by atoms with Crippen molar-refractivity contribution < 1.29 is 8.42 Å². The number of pyridine rings is 1. The number of aryl methyl sites for hydroxylation is 1. The molecular formula is C24H24N4O2S. The van der Waals surface area contributed by atoms with Crippen LogP contribution in [0, 0.1) is 5.92 Å². The summed E-state index contributed by atoms with van der Waals surface area (Å²) in [5, 5.41) is 5.09. The molecule has 6 nitrogen and oxygen atoms in total. The molecule has 1 atom stereocenters. The number of nitrogens with zero attached hydrogens (tertiary/aromatic N) is 4. The first-order valence-corrected chi connectivity index (χ1v) is 11.9. The molecule has 0 amide bonds. The van der Waals surface area contributed by atoms with Crippen LogP contribution in [0.3, 0.4) is 0 Å². The maximum Gasteiger partial charge on any atom is 0.269 e. The van der Waals surface area contributed by atoms with Gasteiger partial charge in [0, 0.05) is 42.2 Å². The fourth-order valence-corrected chi connectivity index (χ4v) is 5.62. The van der Waals surface area contributed by atoms with Gasteiger partial charge in [-0.3, -0.25) is 4.68 Å². The number of fused-ring (bicyclic) bond motifs is 1. The molecule has 5 rings (SSSR count). The number of benzene rings is 1. The molecule has 7 heteroatoms. The van der Waals surface area contributed by atoms with E-state index in [9.17, 15) is 8.42 Å². The first kappa shape index (κ1) is 19.8. The zero-order chi connectivity index (χ0) is 21.6. The Hall–Kier alpha value is -3.19. The molecule has 0 saturated heterocycles. The minimum atomic E-state index is -3.78. The van der Waals surface area contributed by atoms with Crippen LogP contribution in [-0.4, -0.2) is 27.2 Å². The Morgan fingerprint density at radius 1 is 1.06 bits per heavy atom. The van der Waals surface area contributed by atoms with E-state index in [0.717, 1.165) is 34.9 Å². The third-order valence-corrected chi connectivity index (χ3v) is 7.58. The summed E-state index contributed by atoms with van der Waals surface area (Å²) in [4.78, 5) is 4.88. The fraction of sp³-hybridized carbons (Fsp3) is 0.250. The Kier molecular flexibility index (Phi) is 4.78. The lowest BCUT2D eigenvalue weighted by Crippen LogP contribution is -2.12. The zero-order valence-corrected chi connectivity index (χ0v) is 18.4. The molecule has 4 aromatic rings. The molecule has 158 valence electrons. The molecule has 0 N–H and O–H groups in total. The van der Waals surface area contributed by atoms with Gasteiger partial charge in [-0.2, -0.15) is 5.10 Å². The van der Waals surface area contributed by atoms with E-state index in [1.54, 1.807) is 53.6 Å². The second-order valence-corrected chi connectivity index (χ2v) is 10.1. The van der Waals surface area contributed by atoms with Gasteiger partial charge in [0.25, 0.3) is 10.0 Å². The van der Waals surface area contributed by atoms with Gasteiger partial charge in [-0.25, -0.2) is 17.4 Å². The highest BCUT2D eigenvalue weighted by atomic mass is 32.2. The Morgan fingerprint density at radius 3 is 2.58 bits per heavy atom. The number of allylic oxidation sites excluding steroid dienone is 2. The van der Waals surface area contributed by atoms with E-state index >= 15 is 0 Å². The SMILES string of the molecule is CC1CCC=C(c2cnc3c(c2)c(-c2cnn(C)c2)cn3S(=O)(=O)c2ccccc2)C1. The van der Waals surface area contributed by atoms with Crippen LogP contribution < -0.4 is 0 Å². The third kappa shape index (κ3) is 3.49. The van der Waals surface area contributed by atoms with Gasteiger partial charge < -0.3 is 0 Å². The first-order chi connectivity index (χ1) is 14.9. The van der Waals surface area contributed by atoms with Crippen molar-refractivity contribution in [2.24, 2.45) is 13.0 Å². The predicted molar refractivity (Wildman–Crippen MR) is 122 cm³/mol. The molecule has 0 fully saturated rings. The Labute approximate surface area is 181 Å². The molecule has 1 aliphatic carbocycles. The van der Waals surface area contributed by atoms with Crippen LogP contribution >= 0.6 is 0 Å². The van der Waals surface area contributed by atoms with Gasteiger partial charge in [0.2, 0.25) is 0 Å². The third-order valence-electron chi connectivity index (χ3n) is 5.92. The minimum absolute atomic E-state index is 0.235. The van der Waals surface area contributed by atoms with E-state index in [1.165, 1.54) is 16.0 Å². The molecule has 0 radical (unpaired) electrons. The molecule has 3 heterocycles. The van der Waals surface area contributed by atoms with Crippen LogP contribution in [0.4, 0.5) is 0 Å². The second-order valence-electron chi connectivity index (χ2n) is 8.27. The standard InChI is InChI=1S/C24H24N4O2S/c1-17-7-6-8-18(11-17)19-12-22-23(20-14-26-27(2)15-20)16-28(24(22)25-13-19)31(29,30)21-9-4-3-5-10-21/h3-5,8-10,12-17H,6-7,11H2,1-2H3. The summed E-state index contributed by atoms with van der Waals surface area (Å²) in [6.07, 6.45) is 12.7. The molecule has 0 aliphatic heterocycles. The largest absolute Gasteiger partial charge is 0.275 e. The summed E-state index contributed by atoms with van der Waals surface area (Å²) in [7, 11) is -1.93. The van der Waals surface area contributed by atoms with Crippen molar-refractivity contribution in [2.75, 3.05) is 0 Å². The van der Waals surface area contributed by atoms with Crippen LogP contribution in [-0.2, 0) is 17.1 Å². The van der Waals surface area contributed by atoms with Gasteiger partial charge >= 0.3 is 0 Å². The fourth-order valence-electron chi connectivity index (χ4n) is 4.27. The van der Waals surface area contributed by atoms with Crippen molar-refractivity contribution in [2.45, 2.75) is 31.1 Å². The highest BCUT2D eigenvalue weighted by Crippen LogP contribution is 2.36. The van der Waals surface area contributed by atoms with Crippen molar-refractivity contribution in [1.29, 1.82) is 0 Å².